The Morgan fingerprint density at radius 1 is 1.50 bits per heavy atom. The highest BCUT2D eigenvalue weighted by Crippen LogP contribution is 2.27. The molecule has 1 aromatic rings. The molecule has 0 fully saturated rings. The van der Waals surface area contributed by atoms with E-state index in [1.807, 2.05) is 22.6 Å². The molecule has 0 bridgehead atoms. The van der Waals surface area contributed by atoms with Crippen molar-refractivity contribution in [3.8, 4) is 5.75 Å². The summed E-state index contributed by atoms with van der Waals surface area (Å²) in [5.74, 6) is 0.166. The fourth-order valence-corrected chi connectivity index (χ4v) is 1.45. The summed E-state index contributed by atoms with van der Waals surface area (Å²) >= 11 is 2.01. The van der Waals surface area contributed by atoms with Crippen molar-refractivity contribution in [2.24, 2.45) is 5.73 Å². The van der Waals surface area contributed by atoms with Gasteiger partial charge in [-0.05, 0) is 28.7 Å². The number of aromatic hydroxyl groups is 1. The minimum absolute atomic E-state index is 0.159. The quantitative estimate of drug-likeness (QED) is 0.707. The van der Waals surface area contributed by atoms with E-state index in [1.54, 1.807) is 18.2 Å². The van der Waals surface area contributed by atoms with Gasteiger partial charge in [0.1, 0.15) is 5.75 Å². The topological polar surface area (TPSA) is 66.5 Å². The lowest BCUT2D eigenvalue weighted by Crippen LogP contribution is -2.14. The molecule has 0 aliphatic rings. The first-order chi connectivity index (χ1) is 5.66. The number of phenols is 1. The summed E-state index contributed by atoms with van der Waals surface area (Å²) in [6.07, 6.45) is 0. The Morgan fingerprint density at radius 2 is 2.17 bits per heavy atom. The molecule has 0 aliphatic heterocycles. The van der Waals surface area contributed by atoms with Crippen molar-refractivity contribution in [1.29, 1.82) is 0 Å². The Hall–Kier alpha value is -0.330. The summed E-state index contributed by atoms with van der Waals surface area (Å²) < 4.78 is 0.744. The summed E-state index contributed by atoms with van der Waals surface area (Å²) in [7, 11) is 0. The van der Waals surface area contributed by atoms with Gasteiger partial charge in [-0.3, -0.25) is 0 Å². The molecule has 12 heavy (non-hydrogen) atoms. The second-order valence-corrected chi connectivity index (χ2v) is 3.63. The van der Waals surface area contributed by atoms with Gasteiger partial charge in [0, 0.05) is 5.56 Å². The number of aliphatic hydroxyl groups excluding tert-OH is 1. The van der Waals surface area contributed by atoms with Crippen molar-refractivity contribution >= 4 is 22.6 Å². The smallest absolute Gasteiger partial charge is 0.133 e. The maximum absolute atomic E-state index is 9.50. The summed E-state index contributed by atoms with van der Waals surface area (Å²) in [6, 6.07) is 4.79. The second-order valence-electron chi connectivity index (χ2n) is 2.47. The highest BCUT2D eigenvalue weighted by atomic mass is 127. The monoisotopic (exact) mass is 279 g/mol. The molecule has 0 saturated carbocycles. The molecule has 4 heteroatoms. The first kappa shape index (κ1) is 9.76. The number of rotatable bonds is 2. The van der Waals surface area contributed by atoms with Crippen molar-refractivity contribution in [2.75, 3.05) is 6.61 Å². The van der Waals surface area contributed by atoms with E-state index < -0.39 is 6.04 Å². The Bertz CT molecular complexity index is 278. The standard InChI is InChI=1S/C8H10INO2/c9-6-3-1-2-5(8(6)12)7(10)4-11/h1-3,7,11-12H,4,10H2/t7-/m0/s1. The van der Waals surface area contributed by atoms with E-state index in [9.17, 15) is 5.11 Å². The number of hydrogen-bond donors (Lipinski definition) is 3. The normalized spacial score (nSPS) is 12.9. The van der Waals surface area contributed by atoms with E-state index >= 15 is 0 Å². The highest BCUT2D eigenvalue weighted by Gasteiger charge is 2.10. The number of hydrogen-bond acceptors (Lipinski definition) is 3. The van der Waals surface area contributed by atoms with Gasteiger partial charge in [-0.1, -0.05) is 12.1 Å². The molecule has 0 aromatic heterocycles. The minimum Gasteiger partial charge on any atom is -0.506 e. The molecule has 1 atom stereocenters. The molecule has 0 saturated heterocycles. The van der Waals surface area contributed by atoms with Gasteiger partial charge in [0.25, 0.3) is 0 Å². The lowest BCUT2D eigenvalue weighted by atomic mass is 10.1. The van der Waals surface area contributed by atoms with Gasteiger partial charge in [-0.2, -0.15) is 0 Å². The first-order valence-corrected chi connectivity index (χ1v) is 4.58. The van der Waals surface area contributed by atoms with Crippen molar-refractivity contribution in [3.63, 3.8) is 0 Å². The van der Waals surface area contributed by atoms with Crippen molar-refractivity contribution in [2.45, 2.75) is 6.04 Å². The Labute approximate surface area is 84.4 Å². The molecule has 66 valence electrons. The first-order valence-electron chi connectivity index (χ1n) is 3.50. The predicted octanol–water partition coefficient (Wildman–Crippen LogP) is 0.989. The molecule has 4 N–H and O–H groups in total. The minimum atomic E-state index is -0.500. The van der Waals surface area contributed by atoms with Gasteiger partial charge in [0.15, 0.2) is 0 Å². The molecule has 0 heterocycles. The van der Waals surface area contributed by atoms with E-state index in [0.717, 1.165) is 3.57 Å². The molecule has 1 aromatic carbocycles. The van der Waals surface area contributed by atoms with E-state index in [0.29, 0.717) is 5.56 Å². The zero-order valence-electron chi connectivity index (χ0n) is 6.37. The Morgan fingerprint density at radius 3 is 2.75 bits per heavy atom. The van der Waals surface area contributed by atoms with Crippen LogP contribution < -0.4 is 5.73 Å². The summed E-state index contributed by atoms with van der Waals surface area (Å²) in [5, 5.41) is 18.3. The average Bonchev–Trinajstić information content (AvgIpc) is 2.08. The summed E-state index contributed by atoms with van der Waals surface area (Å²) in [5.41, 5.74) is 6.14. The molecular formula is C8H10INO2. The van der Waals surface area contributed by atoms with Gasteiger partial charge in [0.05, 0.1) is 16.2 Å². The van der Waals surface area contributed by atoms with Crippen LogP contribution in [0.15, 0.2) is 18.2 Å². The van der Waals surface area contributed by atoms with Crippen LogP contribution in [0.1, 0.15) is 11.6 Å². The molecule has 3 nitrogen and oxygen atoms in total. The third kappa shape index (κ3) is 1.88. The molecule has 1 rings (SSSR count). The molecule has 0 spiro atoms. The average molecular weight is 279 g/mol. The van der Waals surface area contributed by atoms with E-state index in [4.69, 9.17) is 10.8 Å². The van der Waals surface area contributed by atoms with Gasteiger partial charge in [-0.25, -0.2) is 0 Å². The number of aliphatic hydroxyl groups is 1. The number of para-hydroxylation sites is 1. The molecule has 0 aliphatic carbocycles. The third-order valence-electron chi connectivity index (χ3n) is 1.61. The zero-order valence-corrected chi connectivity index (χ0v) is 8.52. The van der Waals surface area contributed by atoms with Crippen LogP contribution in [-0.4, -0.2) is 16.8 Å². The van der Waals surface area contributed by atoms with Gasteiger partial charge in [0.2, 0.25) is 0 Å². The lowest BCUT2D eigenvalue weighted by molar-refractivity contribution is 0.265. The molecule has 0 amide bonds. The fourth-order valence-electron chi connectivity index (χ4n) is 0.930. The highest BCUT2D eigenvalue weighted by molar-refractivity contribution is 14.1. The Balaban J connectivity index is 3.07. The van der Waals surface area contributed by atoms with Crippen molar-refractivity contribution < 1.29 is 10.2 Å². The Kier molecular flexibility index (Phi) is 3.30. The van der Waals surface area contributed by atoms with Crippen LogP contribution in [-0.2, 0) is 0 Å². The maximum Gasteiger partial charge on any atom is 0.133 e. The fraction of sp³-hybridized carbons (Fsp3) is 0.250. The van der Waals surface area contributed by atoms with Crippen LogP contribution >= 0.6 is 22.6 Å². The predicted molar refractivity (Wildman–Crippen MR) is 54.8 cm³/mol. The van der Waals surface area contributed by atoms with Crippen molar-refractivity contribution in [1.82, 2.24) is 0 Å². The SMILES string of the molecule is N[C@@H](CO)c1cccc(I)c1O. The van der Waals surface area contributed by atoms with E-state index in [1.165, 1.54) is 0 Å². The maximum atomic E-state index is 9.50. The van der Waals surface area contributed by atoms with Crippen LogP contribution in [0.25, 0.3) is 0 Å². The lowest BCUT2D eigenvalue weighted by Gasteiger charge is -2.10. The largest absolute Gasteiger partial charge is 0.506 e. The van der Waals surface area contributed by atoms with E-state index in [-0.39, 0.29) is 12.4 Å². The summed E-state index contributed by atoms with van der Waals surface area (Å²) in [4.78, 5) is 0. The van der Waals surface area contributed by atoms with Gasteiger partial charge in [-0.15, -0.1) is 0 Å². The number of benzene rings is 1. The third-order valence-corrected chi connectivity index (χ3v) is 2.48. The summed E-state index contributed by atoms with van der Waals surface area (Å²) in [6.45, 7) is -0.159. The van der Waals surface area contributed by atoms with E-state index in [2.05, 4.69) is 0 Å². The van der Waals surface area contributed by atoms with Crippen molar-refractivity contribution in [3.05, 3.63) is 27.3 Å². The molecular weight excluding hydrogens is 269 g/mol. The van der Waals surface area contributed by atoms with Crippen LogP contribution in [0.3, 0.4) is 0 Å². The number of phenolic OH excluding ortho intramolecular Hbond substituents is 1. The second kappa shape index (κ2) is 4.06. The zero-order chi connectivity index (χ0) is 9.14. The van der Waals surface area contributed by atoms with Crippen LogP contribution in [0.5, 0.6) is 5.75 Å². The van der Waals surface area contributed by atoms with Gasteiger partial charge < -0.3 is 15.9 Å². The van der Waals surface area contributed by atoms with Crippen LogP contribution in [0.4, 0.5) is 0 Å². The number of nitrogens with two attached hydrogens (primary N) is 1. The van der Waals surface area contributed by atoms with Crippen LogP contribution in [0.2, 0.25) is 0 Å². The molecule has 0 unspecified atom stereocenters. The molecule has 0 radical (unpaired) electrons. The van der Waals surface area contributed by atoms with Gasteiger partial charge >= 0.3 is 0 Å². The number of halogens is 1. The van der Waals surface area contributed by atoms with Crippen LogP contribution in [0, 0.1) is 3.57 Å².